The molecule has 2 heterocycles. The van der Waals surface area contributed by atoms with Crippen molar-refractivity contribution in [3.05, 3.63) is 0 Å². The van der Waals surface area contributed by atoms with Crippen LogP contribution in [0.5, 0.6) is 0 Å². The molecule has 13 heavy (non-hydrogen) atoms. The molecule has 0 radical (unpaired) electrons. The summed E-state index contributed by atoms with van der Waals surface area (Å²) in [4.78, 5) is 0. The molecule has 4 nitrogen and oxygen atoms in total. The van der Waals surface area contributed by atoms with Crippen molar-refractivity contribution in [1.29, 1.82) is 0 Å². The third kappa shape index (κ3) is 1.73. The molecule has 1 spiro atoms. The second-order valence-electron chi connectivity index (χ2n) is 4.27. The van der Waals surface area contributed by atoms with Gasteiger partial charge in [-0.15, -0.1) is 0 Å². The van der Waals surface area contributed by atoms with Gasteiger partial charge in [0.2, 0.25) is 10.0 Å². The van der Waals surface area contributed by atoms with Crippen molar-refractivity contribution < 1.29 is 8.42 Å². The van der Waals surface area contributed by atoms with E-state index >= 15 is 0 Å². The fourth-order valence-electron chi connectivity index (χ4n) is 2.32. The Morgan fingerprint density at radius 2 is 2.15 bits per heavy atom. The minimum Gasteiger partial charge on any atom is -0.316 e. The van der Waals surface area contributed by atoms with Crippen LogP contribution in [0.2, 0.25) is 0 Å². The van der Waals surface area contributed by atoms with E-state index < -0.39 is 10.0 Å². The highest BCUT2D eigenvalue weighted by Crippen LogP contribution is 2.36. The average molecular weight is 204 g/mol. The lowest BCUT2D eigenvalue weighted by molar-refractivity contribution is 0.338. The van der Waals surface area contributed by atoms with Crippen molar-refractivity contribution in [2.75, 3.05) is 32.4 Å². The molecule has 2 saturated heterocycles. The summed E-state index contributed by atoms with van der Waals surface area (Å²) in [6.45, 7) is 3.45. The molecule has 0 bridgehead atoms. The van der Waals surface area contributed by atoms with Crippen LogP contribution in [0.1, 0.15) is 12.8 Å². The van der Waals surface area contributed by atoms with Crippen molar-refractivity contribution >= 4 is 10.0 Å². The lowest BCUT2D eigenvalue weighted by atomic mass is 9.87. The predicted molar refractivity (Wildman–Crippen MR) is 51.0 cm³/mol. The van der Waals surface area contributed by atoms with E-state index in [1.54, 1.807) is 4.31 Å². The normalized spacial score (nSPS) is 36.1. The van der Waals surface area contributed by atoms with Crippen molar-refractivity contribution in [2.45, 2.75) is 12.8 Å². The molecule has 0 amide bonds. The van der Waals surface area contributed by atoms with Crippen LogP contribution in [0.4, 0.5) is 0 Å². The van der Waals surface area contributed by atoms with E-state index in [1.807, 2.05) is 0 Å². The van der Waals surface area contributed by atoms with Gasteiger partial charge in [-0.2, -0.15) is 0 Å². The molecular weight excluding hydrogens is 188 g/mol. The third-order valence-corrected chi connectivity index (χ3v) is 4.45. The molecule has 1 atom stereocenters. The van der Waals surface area contributed by atoms with Crippen LogP contribution in [0.15, 0.2) is 0 Å². The van der Waals surface area contributed by atoms with Crippen LogP contribution in [0.25, 0.3) is 0 Å². The quantitative estimate of drug-likeness (QED) is 0.634. The molecule has 0 unspecified atom stereocenters. The molecule has 2 fully saturated rings. The number of hydrogen-bond acceptors (Lipinski definition) is 3. The maximum Gasteiger partial charge on any atom is 0.211 e. The van der Waals surface area contributed by atoms with E-state index in [0.717, 1.165) is 32.5 Å². The van der Waals surface area contributed by atoms with E-state index in [0.29, 0.717) is 6.54 Å². The molecule has 0 aromatic heterocycles. The highest BCUT2D eigenvalue weighted by Gasteiger charge is 2.42. The summed E-state index contributed by atoms with van der Waals surface area (Å²) in [6, 6.07) is 0. The maximum atomic E-state index is 11.3. The first-order valence-corrected chi connectivity index (χ1v) is 6.53. The van der Waals surface area contributed by atoms with E-state index in [-0.39, 0.29) is 5.41 Å². The van der Waals surface area contributed by atoms with Gasteiger partial charge in [0.1, 0.15) is 0 Å². The number of sulfonamides is 1. The Bertz CT molecular complexity index is 293. The Morgan fingerprint density at radius 1 is 1.38 bits per heavy atom. The number of nitrogens with one attached hydrogen (secondary N) is 1. The van der Waals surface area contributed by atoms with Crippen molar-refractivity contribution in [3.8, 4) is 0 Å². The molecule has 0 aliphatic carbocycles. The first-order valence-electron chi connectivity index (χ1n) is 4.68. The fourth-order valence-corrected chi connectivity index (χ4v) is 3.25. The van der Waals surface area contributed by atoms with Gasteiger partial charge in [0, 0.05) is 19.6 Å². The second kappa shape index (κ2) is 2.93. The lowest BCUT2D eigenvalue weighted by Crippen LogP contribution is -2.32. The molecule has 1 N–H and O–H groups in total. The fraction of sp³-hybridized carbons (Fsp3) is 1.00. The number of hydrogen-bond donors (Lipinski definition) is 1. The summed E-state index contributed by atoms with van der Waals surface area (Å²) in [5.41, 5.74) is 0.253. The summed E-state index contributed by atoms with van der Waals surface area (Å²) in [5.74, 6) is 0. The third-order valence-electron chi connectivity index (χ3n) is 3.20. The van der Waals surface area contributed by atoms with Gasteiger partial charge in [0.05, 0.1) is 6.26 Å². The Labute approximate surface area is 79.4 Å². The monoisotopic (exact) mass is 204 g/mol. The van der Waals surface area contributed by atoms with Gasteiger partial charge in [0.25, 0.3) is 0 Å². The molecule has 2 rings (SSSR count). The maximum absolute atomic E-state index is 11.3. The summed E-state index contributed by atoms with van der Waals surface area (Å²) < 4.78 is 24.2. The molecular formula is C8H16N2O2S. The Morgan fingerprint density at radius 3 is 2.62 bits per heavy atom. The first kappa shape index (κ1) is 9.43. The summed E-state index contributed by atoms with van der Waals surface area (Å²) in [7, 11) is -2.96. The Balaban J connectivity index is 2.09. The first-order chi connectivity index (χ1) is 6.02. The Hall–Kier alpha value is -0.130. The molecule has 2 aliphatic heterocycles. The zero-order chi connectivity index (χ0) is 9.53. The SMILES string of the molecule is CS(=O)(=O)N1CC[C@]2(CCNC2)C1. The highest BCUT2D eigenvalue weighted by atomic mass is 32.2. The van der Waals surface area contributed by atoms with Crippen molar-refractivity contribution in [2.24, 2.45) is 5.41 Å². The van der Waals surface area contributed by atoms with Crippen molar-refractivity contribution in [1.82, 2.24) is 9.62 Å². The van der Waals surface area contributed by atoms with Crippen molar-refractivity contribution in [3.63, 3.8) is 0 Å². The molecule has 5 heteroatoms. The zero-order valence-corrected chi connectivity index (χ0v) is 8.73. The van der Waals surface area contributed by atoms with Gasteiger partial charge in [-0.05, 0) is 24.8 Å². The van der Waals surface area contributed by atoms with E-state index in [4.69, 9.17) is 0 Å². The van der Waals surface area contributed by atoms with E-state index in [2.05, 4.69) is 5.32 Å². The average Bonchev–Trinajstić information content (AvgIpc) is 2.60. The summed E-state index contributed by atoms with van der Waals surface area (Å²) >= 11 is 0. The van der Waals surface area contributed by atoms with Crippen LogP contribution >= 0.6 is 0 Å². The van der Waals surface area contributed by atoms with Gasteiger partial charge in [-0.1, -0.05) is 0 Å². The number of nitrogens with zero attached hydrogens (tertiary/aromatic N) is 1. The minimum absolute atomic E-state index is 0.253. The molecule has 0 aromatic carbocycles. The standard InChI is InChI=1S/C8H16N2O2S/c1-13(11,12)10-5-3-8(7-10)2-4-9-6-8/h9H,2-7H2,1H3/t8-/m0/s1. The van der Waals surface area contributed by atoms with Gasteiger partial charge in [-0.25, -0.2) is 12.7 Å². The summed E-state index contributed by atoms with van der Waals surface area (Å²) in [6.07, 6.45) is 3.44. The van der Waals surface area contributed by atoms with Crippen LogP contribution in [-0.2, 0) is 10.0 Å². The molecule has 0 saturated carbocycles. The summed E-state index contributed by atoms with van der Waals surface area (Å²) in [5, 5.41) is 3.31. The van der Waals surface area contributed by atoms with Gasteiger partial charge >= 0.3 is 0 Å². The smallest absolute Gasteiger partial charge is 0.211 e. The second-order valence-corrected chi connectivity index (χ2v) is 6.26. The largest absolute Gasteiger partial charge is 0.316 e. The molecule has 76 valence electrons. The van der Waals surface area contributed by atoms with Gasteiger partial charge in [0.15, 0.2) is 0 Å². The van der Waals surface area contributed by atoms with Crippen LogP contribution in [0, 0.1) is 5.41 Å². The zero-order valence-electron chi connectivity index (χ0n) is 7.91. The molecule has 0 aromatic rings. The predicted octanol–water partition coefficient (Wildman–Crippen LogP) is -0.369. The van der Waals surface area contributed by atoms with Crippen LogP contribution in [-0.4, -0.2) is 45.2 Å². The topological polar surface area (TPSA) is 49.4 Å². The number of rotatable bonds is 1. The van der Waals surface area contributed by atoms with E-state index in [1.165, 1.54) is 6.26 Å². The lowest BCUT2D eigenvalue weighted by Gasteiger charge is -2.21. The van der Waals surface area contributed by atoms with Crippen LogP contribution < -0.4 is 5.32 Å². The van der Waals surface area contributed by atoms with Gasteiger partial charge < -0.3 is 5.32 Å². The van der Waals surface area contributed by atoms with Gasteiger partial charge in [-0.3, -0.25) is 0 Å². The Kier molecular flexibility index (Phi) is 2.13. The minimum atomic E-state index is -2.96. The van der Waals surface area contributed by atoms with E-state index in [9.17, 15) is 8.42 Å². The van der Waals surface area contributed by atoms with Crippen LogP contribution in [0.3, 0.4) is 0 Å². The molecule has 2 aliphatic rings. The highest BCUT2D eigenvalue weighted by molar-refractivity contribution is 7.88.